The zero-order valence-electron chi connectivity index (χ0n) is 9.31. The van der Waals surface area contributed by atoms with Gasteiger partial charge in [0, 0.05) is 11.9 Å². The quantitative estimate of drug-likeness (QED) is 0.817. The van der Waals surface area contributed by atoms with Crippen molar-refractivity contribution in [3.05, 3.63) is 23.8 Å². The van der Waals surface area contributed by atoms with Crippen LogP contribution in [0.25, 0.3) is 0 Å². The number of rotatable bonds is 5. The number of aromatic hydroxyl groups is 2. The van der Waals surface area contributed by atoms with Crippen molar-refractivity contribution in [2.45, 2.75) is 6.43 Å². The van der Waals surface area contributed by atoms with Crippen LogP contribution in [0.15, 0.2) is 18.2 Å². The largest absolute Gasteiger partial charge is 0.507 e. The molecule has 0 saturated carbocycles. The summed E-state index contributed by atoms with van der Waals surface area (Å²) in [5, 5.41) is 19.3. The third-order valence-corrected chi connectivity index (χ3v) is 2.59. The van der Waals surface area contributed by atoms with Crippen LogP contribution in [0.3, 0.4) is 0 Å². The third kappa shape index (κ3) is 3.56. The SMILES string of the molecule is O=C(c1c(O)cccc1O)N(CCBr)CC(F)F. The van der Waals surface area contributed by atoms with Crippen LogP contribution in [0, 0.1) is 0 Å². The molecule has 1 rings (SSSR count). The van der Waals surface area contributed by atoms with Gasteiger partial charge in [-0.1, -0.05) is 22.0 Å². The Labute approximate surface area is 111 Å². The van der Waals surface area contributed by atoms with Gasteiger partial charge >= 0.3 is 0 Å². The van der Waals surface area contributed by atoms with Gasteiger partial charge in [-0.25, -0.2) is 8.78 Å². The first-order valence-corrected chi connectivity index (χ1v) is 6.23. The highest BCUT2D eigenvalue weighted by atomic mass is 79.9. The van der Waals surface area contributed by atoms with E-state index in [-0.39, 0.29) is 12.1 Å². The molecule has 0 atom stereocenters. The summed E-state index contributed by atoms with van der Waals surface area (Å²) in [6.07, 6.45) is -2.68. The Morgan fingerprint density at radius 2 is 1.89 bits per heavy atom. The van der Waals surface area contributed by atoms with Crippen LogP contribution in [0.1, 0.15) is 10.4 Å². The molecule has 1 aromatic rings. The van der Waals surface area contributed by atoms with E-state index in [1.54, 1.807) is 0 Å². The molecular weight excluding hydrogens is 312 g/mol. The van der Waals surface area contributed by atoms with E-state index in [0.717, 1.165) is 4.90 Å². The normalized spacial score (nSPS) is 10.7. The fraction of sp³-hybridized carbons (Fsp3) is 0.364. The highest BCUT2D eigenvalue weighted by Gasteiger charge is 2.24. The van der Waals surface area contributed by atoms with Crippen LogP contribution in [-0.4, -0.2) is 45.9 Å². The molecule has 0 aromatic heterocycles. The van der Waals surface area contributed by atoms with E-state index in [4.69, 9.17) is 0 Å². The van der Waals surface area contributed by atoms with Crippen molar-refractivity contribution >= 4 is 21.8 Å². The van der Waals surface area contributed by atoms with Crippen molar-refractivity contribution in [1.29, 1.82) is 0 Å². The molecule has 0 aliphatic heterocycles. The highest BCUT2D eigenvalue weighted by Crippen LogP contribution is 2.27. The maximum atomic E-state index is 12.4. The van der Waals surface area contributed by atoms with Crippen molar-refractivity contribution in [1.82, 2.24) is 4.90 Å². The molecule has 2 N–H and O–H groups in total. The molecule has 0 radical (unpaired) electrons. The second-order valence-electron chi connectivity index (χ2n) is 3.50. The smallest absolute Gasteiger partial charge is 0.261 e. The van der Waals surface area contributed by atoms with E-state index in [9.17, 15) is 23.8 Å². The number of hydrogen-bond donors (Lipinski definition) is 2. The van der Waals surface area contributed by atoms with Crippen LogP contribution >= 0.6 is 15.9 Å². The Balaban J connectivity index is 3.01. The van der Waals surface area contributed by atoms with Gasteiger partial charge in [0.15, 0.2) is 0 Å². The molecule has 18 heavy (non-hydrogen) atoms. The molecule has 0 aliphatic rings. The number of halogens is 3. The monoisotopic (exact) mass is 323 g/mol. The molecule has 0 heterocycles. The van der Waals surface area contributed by atoms with Gasteiger partial charge in [0.25, 0.3) is 12.3 Å². The van der Waals surface area contributed by atoms with Crippen LogP contribution in [0.5, 0.6) is 11.5 Å². The number of nitrogens with zero attached hydrogens (tertiary/aromatic N) is 1. The Morgan fingerprint density at radius 3 is 2.33 bits per heavy atom. The standard InChI is InChI=1S/C11H12BrF2NO3/c12-4-5-15(6-9(13)14)11(18)10-7(16)2-1-3-8(10)17/h1-3,9,16-17H,4-6H2. The maximum Gasteiger partial charge on any atom is 0.261 e. The molecule has 0 fully saturated rings. The van der Waals surface area contributed by atoms with Crippen LogP contribution < -0.4 is 0 Å². The Hall–Kier alpha value is -1.37. The Morgan fingerprint density at radius 1 is 1.33 bits per heavy atom. The molecule has 100 valence electrons. The van der Waals surface area contributed by atoms with E-state index in [1.165, 1.54) is 18.2 Å². The first-order chi connectivity index (χ1) is 8.47. The fourth-order valence-electron chi connectivity index (χ4n) is 1.45. The second-order valence-corrected chi connectivity index (χ2v) is 4.30. The van der Waals surface area contributed by atoms with Gasteiger partial charge < -0.3 is 15.1 Å². The van der Waals surface area contributed by atoms with E-state index in [2.05, 4.69) is 15.9 Å². The van der Waals surface area contributed by atoms with Gasteiger partial charge in [-0.15, -0.1) is 0 Å². The lowest BCUT2D eigenvalue weighted by molar-refractivity contribution is 0.0567. The molecule has 0 spiro atoms. The topological polar surface area (TPSA) is 60.8 Å². The van der Waals surface area contributed by atoms with Crippen molar-refractivity contribution in [3.8, 4) is 11.5 Å². The average molecular weight is 324 g/mol. The Bertz CT molecular complexity index is 408. The summed E-state index contributed by atoms with van der Waals surface area (Å²) < 4.78 is 24.7. The first kappa shape index (κ1) is 14.7. The number of benzene rings is 1. The van der Waals surface area contributed by atoms with Crippen molar-refractivity contribution in [2.75, 3.05) is 18.4 Å². The molecule has 1 amide bonds. The summed E-state index contributed by atoms with van der Waals surface area (Å²) in [4.78, 5) is 12.8. The first-order valence-electron chi connectivity index (χ1n) is 5.11. The van der Waals surface area contributed by atoms with Crippen molar-refractivity contribution in [2.24, 2.45) is 0 Å². The molecule has 1 aromatic carbocycles. The van der Waals surface area contributed by atoms with Gasteiger partial charge in [0.05, 0.1) is 6.54 Å². The predicted octanol–water partition coefficient (Wildman–Crippen LogP) is 2.20. The second kappa shape index (κ2) is 6.53. The maximum absolute atomic E-state index is 12.4. The minimum atomic E-state index is -2.68. The fourth-order valence-corrected chi connectivity index (χ4v) is 1.88. The number of phenolic OH excluding ortho intramolecular Hbond substituents is 2. The van der Waals surface area contributed by atoms with E-state index in [1.807, 2.05) is 0 Å². The number of carbonyl (C=O) groups excluding carboxylic acids is 1. The number of amides is 1. The lowest BCUT2D eigenvalue weighted by Crippen LogP contribution is -2.36. The lowest BCUT2D eigenvalue weighted by Gasteiger charge is -2.22. The molecule has 0 bridgehead atoms. The molecular formula is C11H12BrF2NO3. The van der Waals surface area contributed by atoms with Gasteiger partial charge in [-0.3, -0.25) is 4.79 Å². The van der Waals surface area contributed by atoms with Gasteiger partial charge in [-0.05, 0) is 12.1 Å². The van der Waals surface area contributed by atoms with Gasteiger partial charge in [0.1, 0.15) is 17.1 Å². The van der Waals surface area contributed by atoms with Gasteiger partial charge in [-0.2, -0.15) is 0 Å². The van der Waals surface area contributed by atoms with E-state index in [0.29, 0.717) is 5.33 Å². The third-order valence-electron chi connectivity index (χ3n) is 2.23. The zero-order chi connectivity index (χ0) is 13.7. The van der Waals surface area contributed by atoms with Crippen LogP contribution in [0.4, 0.5) is 8.78 Å². The molecule has 4 nitrogen and oxygen atoms in total. The summed E-state index contributed by atoms with van der Waals surface area (Å²) >= 11 is 3.05. The van der Waals surface area contributed by atoms with Crippen molar-refractivity contribution < 1.29 is 23.8 Å². The molecule has 7 heteroatoms. The molecule has 0 aliphatic carbocycles. The van der Waals surface area contributed by atoms with Crippen LogP contribution in [-0.2, 0) is 0 Å². The highest BCUT2D eigenvalue weighted by molar-refractivity contribution is 9.09. The summed E-state index contributed by atoms with van der Waals surface area (Å²) in [6.45, 7) is -0.699. The molecule has 0 unspecified atom stereocenters. The summed E-state index contributed by atoms with van der Waals surface area (Å²) in [6, 6.07) is 3.77. The van der Waals surface area contributed by atoms with Gasteiger partial charge in [0.2, 0.25) is 0 Å². The number of hydrogen-bond acceptors (Lipinski definition) is 3. The number of phenols is 2. The van der Waals surface area contributed by atoms with E-state index < -0.39 is 30.4 Å². The number of alkyl halides is 3. The average Bonchev–Trinajstić information content (AvgIpc) is 2.27. The predicted molar refractivity (Wildman–Crippen MR) is 65.5 cm³/mol. The summed E-state index contributed by atoms with van der Waals surface area (Å²) in [5.41, 5.74) is -0.362. The molecule has 0 saturated heterocycles. The summed E-state index contributed by atoms with van der Waals surface area (Å²) in [5.74, 6) is -1.70. The van der Waals surface area contributed by atoms with E-state index >= 15 is 0 Å². The Kier molecular flexibility index (Phi) is 5.33. The minimum absolute atomic E-state index is 0.0525. The van der Waals surface area contributed by atoms with Crippen LogP contribution in [0.2, 0.25) is 0 Å². The lowest BCUT2D eigenvalue weighted by atomic mass is 10.1. The minimum Gasteiger partial charge on any atom is -0.507 e. The van der Waals surface area contributed by atoms with Crippen molar-refractivity contribution in [3.63, 3.8) is 0 Å². The number of carbonyl (C=O) groups is 1. The summed E-state index contributed by atoms with van der Waals surface area (Å²) in [7, 11) is 0. The zero-order valence-corrected chi connectivity index (χ0v) is 10.9.